The van der Waals surface area contributed by atoms with Gasteiger partial charge in [0.15, 0.2) is 5.84 Å². The van der Waals surface area contributed by atoms with Crippen molar-refractivity contribution in [1.29, 1.82) is 0 Å². The summed E-state index contributed by atoms with van der Waals surface area (Å²) < 4.78 is 1.97. The van der Waals surface area contributed by atoms with E-state index in [1.54, 1.807) is 0 Å². The van der Waals surface area contributed by atoms with E-state index < -0.39 is 0 Å². The van der Waals surface area contributed by atoms with E-state index >= 15 is 0 Å². The maximum Gasteiger partial charge on any atom is 0.169 e. The highest BCUT2D eigenvalue weighted by Gasteiger charge is 2.05. The van der Waals surface area contributed by atoms with Crippen LogP contribution in [0.4, 0.5) is 0 Å². The lowest BCUT2D eigenvalue weighted by Crippen LogP contribution is -2.31. The van der Waals surface area contributed by atoms with E-state index in [1.807, 2.05) is 11.0 Å². The molecule has 0 unspecified atom stereocenters. The van der Waals surface area contributed by atoms with Crippen molar-refractivity contribution < 1.29 is 4.84 Å². The van der Waals surface area contributed by atoms with Gasteiger partial charge >= 0.3 is 0 Å². The fourth-order valence-corrected chi connectivity index (χ4v) is 0.916. The molecule has 0 radical (unpaired) electrons. The standard InChI is InChI=1S/C6H9IN2O/c1-5(4-7)6-8-2-3-10-9-6/h4H,2-3H2,1H3,(H,8,9)/b5-4+. The second kappa shape index (κ2) is 3.80. The third-order valence-electron chi connectivity index (χ3n) is 1.18. The summed E-state index contributed by atoms with van der Waals surface area (Å²) in [6.45, 7) is 3.51. The van der Waals surface area contributed by atoms with Crippen molar-refractivity contribution in [2.24, 2.45) is 5.16 Å². The minimum Gasteiger partial charge on any atom is -0.392 e. The molecule has 1 heterocycles. The van der Waals surface area contributed by atoms with Crippen molar-refractivity contribution in [3.8, 4) is 0 Å². The third-order valence-corrected chi connectivity index (χ3v) is 2.11. The smallest absolute Gasteiger partial charge is 0.169 e. The number of oxime groups is 1. The Labute approximate surface area is 73.6 Å². The lowest BCUT2D eigenvalue weighted by molar-refractivity contribution is 0.136. The van der Waals surface area contributed by atoms with Gasteiger partial charge in [-0.15, -0.1) is 0 Å². The second-order valence-corrected chi connectivity index (χ2v) is 2.61. The molecule has 56 valence electrons. The predicted octanol–water partition coefficient (Wildman–Crippen LogP) is 1.26. The first kappa shape index (κ1) is 7.84. The molecule has 0 amide bonds. The Kier molecular flexibility index (Phi) is 2.98. The van der Waals surface area contributed by atoms with Gasteiger partial charge < -0.3 is 10.2 Å². The second-order valence-electron chi connectivity index (χ2n) is 1.99. The molecular formula is C6H9IN2O. The maximum atomic E-state index is 4.89. The van der Waals surface area contributed by atoms with E-state index in [4.69, 9.17) is 4.84 Å². The largest absolute Gasteiger partial charge is 0.392 e. The van der Waals surface area contributed by atoms with Crippen molar-refractivity contribution in [2.75, 3.05) is 13.2 Å². The summed E-state index contributed by atoms with van der Waals surface area (Å²) in [5.74, 6) is 0.848. The quantitative estimate of drug-likeness (QED) is 0.713. The molecule has 4 heteroatoms. The zero-order valence-electron chi connectivity index (χ0n) is 5.72. The topological polar surface area (TPSA) is 33.6 Å². The molecule has 0 saturated heterocycles. The summed E-state index contributed by atoms with van der Waals surface area (Å²) in [5, 5.41) is 6.95. The van der Waals surface area contributed by atoms with Gasteiger partial charge in [0.05, 0.1) is 6.54 Å². The summed E-state index contributed by atoms with van der Waals surface area (Å²) in [5.41, 5.74) is 1.11. The number of rotatable bonds is 1. The molecule has 0 aromatic carbocycles. The first-order chi connectivity index (χ1) is 4.84. The van der Waals surface area contributed by atoms with E-state index in [2.05, 4.69) is 33.1 Å². The number of nitrogens with zero attached hydrogens (tertiary/aromatic N) is 1. The van der Waals surface area contributed by atoms with Crippen LogP contribution in [-0.2, 0) is 4.84 Å². The van der Waals surface area contributed by atoms with Crippen molar-refractivity contribution in [3.63, 3.8) is 0 Å². The number of nitrogens with one attached hydrogen (secondary N) is 1. The molecule has 3 nitrogen and oxygen atoms in total. The highest BCUT2D eigenvalue weighted by atomic mass is 127. The van der Waals surface area contributed by atoms with Crippen LogP contribution in [-0.4, -0.2) is 19.0 Å². The third kappa shape index (κ3) is 1.86. The summed E-state index contributed by atoms with van der Waals surface area (Å²) in [6, 6.07) is 0. The normalized spacial score (nSPS) is 19.0. The van der Waals surface area contributed by atoms with Crippen LogP contribution in [0.3, 0.4) is 0 Å². The summed E-state index contributed by atoms with van der Waals surface area (Å²) in [7, 11) is 0. The van der Waals surface area contributed by atoms with Gasteiger partial charge in [-0.1, -0.05) is 27.7 Å². The van der Waals surface area contributed by atoms with E-state index in [0.29, 0.717) is 6.61 Å². The lowest BCUT2D eigenvalue weighted by Gasteiger charge is -2.13. The van der Waals surface area contributed by atoms with Crippen LogP contribution in [0.2, 0.25) is 0 Å². The first-order valence-electron chi connectivity index (χ1n) is 3.06. The highest BCUT2D eigenvalue weighted by Crippen LogP contribution is 2.01. The van der Waals surface area contributed by atoms with Gasteiger partial charge in [-0.3, -0.25) is 0 Å². The average molecular weight is 252 g/mol. The summed E-state index contributed by atoms with van der Waals surface area (Å²) in [4.78, 5) is 4.89. The van der Waals surface area contributed by atoms with Gasteiger partial charge in [-0.25, -0.2) is 0 Å². The first-order valence-corrected chi connectivity index (χ1v) is 4.30. The molecule has 1 N–H and O–H groups in total. The van der Waals surface area contributed by atoms with Gasteiger partial charge in [-0.05, 0) is 11.0 Å². The fraction of sp³-hybridized carbons (Fsp3) is 0.500. The Bertz CT molecular complexity index is 177. The van der Waals surface area contributed by atoms with E-state index in [9.17, 15) is 0 Å². The van der Waals surface area contributed by atoms with E-state index in [1.165, 1.54) is 0 Å². The molecule has 1 aliphatic rings. The summed E-state index contributed by atoms with van der Waals surface area (Å²) in [6.07, 6.45) is 0. The van der Waals surface area contributed by atoms with Crippen molar-refractivity contribution in [1.82, 2.24) is 5.32 Å². The van der Waals surface area contributed by atoms with Gasteiger partial charge in [0.1, 0.15) is 6.61 Å². The molecular weight excluding hydrogens is 243 g/mol. The SMILES string of the molecule is C/C(=C\I)C1=NOCCN1. The van der Waals surface area contributed by atoms with Crippen molar-refractivity contribution in [3.05, 3.63) is 9.66 Å². The van der Waals surface area contributed by atoms with Crippen molar-refractivity contribution >= 4 is 28.4 Å². The monoisotopic (exact) mass is 252 g/mol. The number of amidine groups is 1. The Morgan fingerprint density at radius 3 is 3.20 bits per heavy atom. The van der Waals surface area contributed by atoms with Gasteiger partial charge in [0.25, 0.3) is 0 Å². The van der Waals surface area contributed by atoms with E-state index in [0.717, 1.165) is 18.0 Å². The minimum atomic E-state index is 0.665. The molecule has 0 saturated carbocycles. The van der Waals surface area contributed by atoms with Crippen LogP contribution < -0.4 is 5.32 Å². The lowest BCUT2D eigenvalue weighted by atomic mass is 10.3. The zero-order valence-corrected chi connectivity index (χ0v) is 7.88. The number of hydrogen-bond donors (Lipinski definition) is 1. The van der Waals surface area contributed by atoms with Crippen LogP contribution >= 0.6 is 22.6 Å². The Morgan fingerprint density at radius 1 is 1.90 bits per heavy atom. The molecule has 0 aromatic heterocycles. The number of hydrogen-bond acceptors (Lipinski definition) is 3. The molecule has 0 fully saturated rings. The maximum absolute atomic E-state index is 4.89. The molecule has 1 aliphatic heterocycles. The Morgan fingerprint density at radius 2 is 2.70 bits per heavy atom. The molecule has 0 aliphatic carbocycles. The van der Waals surface area contributed by atoms with Gasteiger partial charge in [0, 0.05) is 5.57 Å². The zero-order chi connectivity index (χ0) is 7.40. The summed E-state index contributed by atoms with van der Waals surface area (Å²) >= 11 is 2.18. The van der Waals surface area contributed by atoms with Crippen molar-refractivity contribution in [2.45, 2.75) is 6.92 Å². The average Bonchev–Trinajstić information content (AvgIpc) is 2.05. The molecule has 0 bridgehead atoms. The predicted molar refractivity (Wildman–Crippen MR) is 49.2 cm³/mol. The fourth-order valence-electron chi connectivity index (χ4n) is 0.621. The van der Waals surface area contributed by atoms with Crippen LogP contribution in [0.5, 0.6) is 0 Å². The van der Waals surface area contributed by atoms with Gasteiger partial charge in [-0.2, -0.15) is 0 Å². The number of halogens is 1. The minimum absolute atomic E-state index is 0.665. The van der Waals surface area contributed by atoms with Crippen LogP contribution in [0, 0.1) is 0 Å². The van der Waals surface area contributed by atoms with Crippen LogP contribution in [0.25, 0.3) is 0 Å². The molecule has 0 aromatic rings. The van der Waals surface area contributed by atoms with Crippen LogP contribution in [0.15, 0.2) is 14.8 Å². The van der Waals surface area contributed by atoms with E-state index in [-0.39, 0.29) is 0 Å². The van der Waals surface area contributed by atoms with Crippen LogP contribution in [0.1, 0.15) is 6.92 Å². The molecule has 10 heavy (non-hydrogen) atoms. The van der Waals surface area contributed by atoms with Gasteiger partial charge in [0.2, 0.25) is 0 Å². The highest BCUT2D eigenvalue weighted by molar-refractivity contribution is 14.1. The Balaban J connectivity index is 2.62. The molecule has 0 spiro atoms. The molecule has 1 rings (SSSR count). The molecule has 0 atom stereocenters. The Hall–Kier alpha value is -0.260.